The lowest BCUT2D eigenvalue weighted by molar-refractivity contribution is -0.384. The van der Waals surface area contributed by atoms with Crippen molar-refractivity contribution < 1.29 is 23.7 Å². The third kappa shape index (κ3) is 4.56. The Balaban J connectivity index is 2.91. The normalized spacial score (nSPS) is 12.7. The fraction of sp³-hybridized carbons (Fsp3) is 0.333. The van der Waals surface area contributed by atoms with Crippen LogP contribution in [0.1, 0.15) is 23.4 Å². The molecule has 20 heavy (non-hydrogen) atoms. The fourth-order valence-corrected chi connectivity index (χ4v) is 1.47. The van der Waals surface area contributed by atoms with Crippen LogP contribution in [0.3, 0.4) is 0 Å². The number of carbonyl (C=O) groups excluding carboxylic acids is 1. The van der Waals surface area contributed by atoms with Crippen LogP contribution < -0.4 is 10.6 Å². The summed E-state index contributed by atoms with van der Waals surface area (Å²) in [4.78, 5) is 32.2. The number of nitro groups is 1. The molecule has 0 atom stereocenters. The molecule has 0 aliphatic rings. The summed E-state index contributed by atoms with van der Waals surface area (Å²) in [6.45, 7) is -2.54. The van der Waals surface area contributed by atoms with Gasteiger partial charge in [0.1, 0.15) is 0 Å². The van der Waals surface area contributed by atoms with Gasteiger partial charge >= 0.3 is 5.97 Å². The van der Waals surface area contributed by atoms with Gasteiger partial charge in [-0.05, 0) is 12.5 Å². The number of amides is 1. The molecule has 0 spiro atoms. The summed E-state index contributed by atoms with van der Waals surface area (Å²) in [5.41, 5.74) is -0.375. The number of nitrogens with zero attached hydrogens (tertiary/aromatic N) is 1. The van der Waals surface area contributed by atoms with Crippen molar-refractivity contribution in [1.82, 2.24) is 0 Å². The predicted octanol–water partition coefficient (Wildman–Crippen LogP) is 1.83. The van der Waals surface area contributed by atoms with Gasteiger partial charge in [0.25, 0.3) is 5.69 Å². The Bertz CT molecular complexity index is 618. The number of aliphatic carboxylic acids is 1. The Morgan fingerprint density at radius 2 is 2.15 bits per heavy atom. The molecular weight excluding hydrogens is 266 g/mol. The van der Waals surface area contributed by atoms with Gasteiger partial charge in [-0.25, -0.2) is 0 Å². The first-order valence-corrected chi connectivity index (χ1v) is 5.67. The number of nitrogens with one attached hydrogen (secondary N) is 2. The van der Waals surface area contributed by atoms with Gasteiger partial charge in [0, 0.05) is 36.1 Å². The highest BCUT2D eigenvalue weighted by molar-refractivity contribution is 5.94. The molecule has 0 saturated carbocycles. The Kier molecular flexibility index (Phi) is 3.96. The van der Waals surface area contributed by atoms with E-state index in [0.29, 0.717) is 0 Å². The highest BCUT2D eigenvalue weighted by atomic mass is 16.6. The van der Waals surface area contributed by atoms with Crippen molar-refractivity contribution in [3.63, 3.8) is 0 Å². The number of hydrogen-bond donors (Lipinski definition) is 3. The van der Waals surface area contributed by atoms with Gasteiger partial charge in [-0.3, -0.25) is 19.7 Å². The molecule has 0 unspecified atom stereocenters. The number of carboxylic acids is 1. The first-order chi connectivity index (χ1) is 10.6. The van der Waals surface area contributed by atoms with E-state index in [1.807, 2.05) is 0 Å². The van der Waals surface area contributed by atoms with Crippen LogP contribution in [0.5, 0.6) is 0 Å². The molecule has 0 fully saturated rings. The molecule has 108 valence electrons. The monoisotopic (exact) mass is 284 g/mol. The van der Waals surface area contributed by atoms with Crippen LogP contribution in [0, 0.1) is 10.1 Å². The Morgan fingerprint density at radius 1 is 1.40 bits per heavy atom. The maximum absolute atomic E-state index is 11.8. The number of non-ortho nitro benzene ring substituents is 1. The second kappa shape index (κ2) is 7.07. The third-order valence-electron chi connectivity index (χ3n) is 2.42. The van der Waals surface area contributed by atoms with Crippen LogP contribution in [0.15, 0.2) is 18.2 Å². The molecule has 1 amide bonds. The number of benzene rings is 1. The van der Waals surface area contributed by atoms with Crippen LogP contribution in [-0.4, -0.2) is 28.9 Å². The summed E-state index contributed by atoms with van der Waals surface area (Å²) in [5, 5.41) is 23.8. The summed E-state index contributed by atoms with van der Waals surface area (Å²) in [7, 11) is 0. The maximum Gasteiger partial charge on any atom is 0.303 e. The highest BCUT2D eigenvalue weighted by Gasteiger charge is 2.12. The summed E-state index contributed by atoms with van der Waals surface area (Å²) in [5.74, 6) is -1.61. The van der Waals surface area contributed by atoms with Crippen LogP contribution in [0.2, 0.25) is 0 Å². The lowest BCUT2D eigenvalue weighted by atomic mass is 10.2. The molecule has 1 rings (SSSR count). The Morgan fingerprint density at radius 3 is 2.75 bits per heavy atom. The van der Waals surface area contributed by atoms with Crippen molar-refractivity contribution in [2.75, 3.05) is 17.6 Å². The SMILES string of the molecule is [2H]C([2H])([2H])Nc1ccc([N+](=O)[O-])cc1NC(=O)CCCC(=O)O. The molecule has 0 radical (unpaired) electrons. The summed E-state index contributed by atoms with van der Waals surface area (Å²) in [6, 6.07) is 3.31. The Hall–Kier alpha value is -2.64. The van der Waals surface area contributed by atoms with Crippen molar-refractivity contribution in [3.8, 4) is 0 Å². The van der Waals surface area contributed by atoms with Crippen molar-refractivity contribution in [1.29, 1.82) is 0 Å². The van der Waals surface area contributed by atoms with Crippen molar-refractivity contribution in [2.24, 2.45) is 0 Å². The molecule has 0 aliphatic carbocycles. The van der Waals surface area contributed by atoms with E-state index in [1.54, 1.807) is 0 Å². The van der Waals surface area contributed by atoms with Crippen LogP contribution in [0.25, 0.3) is 0 Å². The van der Waals surface area contributed by atoms with Crippen molar-refractivity contribution in [3.05, 3.63) is 28.3 Å². The lowest BCUT2D eigenvalue weighted by Gasteiger charge is -2.10. The number of rotatable bonds is 7. The summed E-state index contributed by atoms with van der Waals surface area (Å²) >= 11 is 0. The molecule has 0 aliphatic heterocycles. The van der Waals surface area contributed by atoms with Gasteiger partial charge in [0.15, 0.2) is 0 Å². The standard InChI is InChI=1S/C12H15N3O5/c1-13-9-6-5-8(15(19)20)7-10(9)14-11(16)3-2-4-12(17)18/h5-7,13H,2-4H2,1H3,(H,14,16)(H,17,18)/i1D3. The largest absolute Gasteiger partial charge is 0.481 e. The zero-order valence-electron chi connectivity index (χ0n) is 13.4. The summed E-state index contributed by atoms with van der Waals surface area (Å²) in [6.07, 6.45) is -0.205. The predicted molar refractivity (Wildman–Crippen MR) is 72.8 cm³/mol. The molecule has 1 aromatic carbocycles. The molecule has 0 saturated heterocycles. The quantitative estimate of drug-likeness (QED) is 0.518. The number of anilines is 2. The lowest BCUT2D eigenvalue weighted by Crippen LogP contribution is -2.13. The van der Waals surface area contributed by atoms with E-state index >= 15 is 0 Å². The third-order valence-corrected chi connectivity index (χ3v) is 2.42. The van der Waals surface area contributed by atoms with Crippen LogP contribution in [0.4, 0.5) is 17.1 Å². The first kappa shape index (κ1) is 11.2. The number of hydrogen-bond acceptors (Lipinski definition) is 5. The number of carbonyl (C=O) groups is 2. The molecule has 8 nitrogen and oxygen atoms in total. The molecule has 0 aromatic heterocycles. The first-order valence-electron chi connectivity index (χ1n) is 7.17. The van der Waals surface area contributed by atoms with Gasteiger partial charge < -0.3 is 15.7 Å². The molecular formula is C12H15N3O5. The molecule has 8 heteroatoms. The average molecular weight is 284 g/mol. The van der Waals surface area contributed by atoms with E-state index < -0.39 is 23.8 Å². The van der Waals surface area contributed by atoms with Crippen LogP contribution in [-0.2, 0) is 9.59 Å². The molecule has 3 N–H and O–H groups in total. The zero-order chi connectivity index (χ0) is 17.6. The van der Waals surface area contributed by atoms with Gasteiger partial charge in [-0.1, -0.05) is 0 Å². The van der Waals surface area contributed by atoms with E-state index in [4.69, 9.17) is 9.22 Å². The maximum atomic E-state index is 11.8. The molecule has 0 heterocycles. The van der Waals surface area contributed by atoms with Gasteiger partial charge in [-0.2, -0.15) is 0 Å². The highest BCUT2D eigenvalue weighted by Crippen LogP contribution is 2.26. The number of nitro benzene ring substituents is 1. The van der Waals surface area contributed by atoms with Gasteiger partial charge in [0.05, 0.1) is 16.3 Å². The van der Waals surface area contributed by atoms with Gasteiger partial charge in [0.2, 0.25) is 5.91 Å². The fourth-order valence-electron chi connectivity index (χ4n) is 1.47. The minimum absolute atomic E-state index is 0.00202. The minimum atomic E-state index is -2.54. The smallest absolute Gasteiger partial charge is 0.303 e. The minimum Gasteiger partial charge on any atom is -0.481 e. The van der Waals surface area contributed by atoms with Gasteiger partial charge in [-0.15, -0.1) is 0 Å². The van der Waals surface area contributed by atoms with Crippen LogP contribution >= 0.6 is 0 Å². The second-order valence-electron chi connectivity index (χ2n) is 3.91. The van der Waals surface area contributed by atoms with Crippen molar-refractivity contribution in [2.45, 2.75) is 19.3 Å². The zero-order valence-corrected chi connectivity index (χ0v) is 10.4. The van der Waals surface area contributed by atoms with E-state index in [9.17, 15) is 19.7 Å². The van der Waals surface area contributed by atoms with E-state index in [1.165, 1.54) is 6.07 Å². The summed E-state index contributed by atoms with van der Waals surface area (Å²) < 4.78 is 21.5. The topological polar surface area (TPSA) is 122 Å². The van der Waals surface area contributed by atoms with E-state index in [0.717, 1.165) is 12.1 Å². The molecule has 1 aromatic rings. The van der Waals surface area contributed by atoms with E-state index in [-0.39, 0.29) is 36.3 Å². The van der Waals surface area contributed by atoms with E-state index in [2.05, 4.69) is 10.6 Å². The number of carboxylic acid groups (broad SMARTS) is 1. The average Bonchev–Trinajstić information content (AvgIpc) is 2.38. The molecule has 0 bridgehead atoms. The second-order valence-corrected chi connectivity index (χ2v) is 3.91. The Labute approximate surface area is 119 Å². The van der Waals surface area contributed by atoms with Crippen molar-refractivity contribution >= 4 is 28.9 Å².